The molecule has 0 spiro atoms. The topological polar surface area (TPSA) is 217 Å². The number of methoxy groups -OCH3 is 1. The third kappa shape index (κ3) is 11.2. The van der Waals surface area contributed by atoms with Gasteiger partial charge in [-0.2, -0.15) is 5.10 Å². The maximum Gasteiger partial charge on any atom is 0.312 e. The molecule has 2 aromatic carbocycles. The molecule has 0 saturated carbocycles. The fourth-order valence-electron chi connectivity index (χ4n) is 8.33. The Labute approximate surface area is 371 Å². The summed E-state index contributed by atoms with van der Waals surface area (Å²) in [6.07, 6.45) is 10.6. The van der Waals surface area contributed by atoms with Gasteiger partial charge in [-0.15, -0.1) is 0 Å². The number of ketones is 1. The van der Waals surface area contributed by atoms with Crippen LogP contribution in [0.1, 0.15) is 122 Å². The van der Waals surface area contributed by atoms with Crippen molar-refractivity contribution in [2.45, 2.75) is 138 Å². The highest BCUT2D eigenvalue weighted by molar-refractivity contribution is 6.23. The summed E-state index contributed by atoms with van der Waals surface area (Å²) in [7, 11) is 1.44. The lowest BCUT2D eigenvalue weighted by molar-refractivity contribution is -0.160. The predicted octanol–water partition coefficient (Wildman–Crippen LogP) is 7.77. The first kappa shape index (κ1) is 50.5. The Morgan fingerprint density at radius 3 is 2.13 bits per heavy atom. The maximum atomic E-state index is 14.6. The van der Waals surface area contributed by atoms with E-state index < -0.39 is 88.8 Å². The number of unbranched alkanes of at least 4 members (excludes halogenated alkanes) is 4. The van der Waals surface area contributed by atoms with E-state index in [0.717, 1.165) is 38.5 Å². The zero-order valence-electron chi connectivity index (χ0n) is 38.7. The van der Waals surface area contributed by atoms with E-state index in [1.165, 1.54) is 59.4 Å². The van der Waals surface area contributed by atoms with Crippen molar-refractivity contribution in [2.24, 2.45) is 28.8 Å². The molecule has 0 aromatic heterocycles. The molecule has 1 amide bonds. The van der Waals surface area contributed by atoms with Crippen LogP contribution in [-0.4, -0.2) is 105 Å². The molecule has 6 N–H and O–H groups in total. The van der Waals surface area contributed by atoms with Crippen molar-refractivity contribution in [1.29, 1.82) is 0 Å². The van der Waals surface area contributed by atoms with E-state index in [1.54, 1.807) is 39.8 Å². The summed E-state index contributed by atoms with van der Waals surface area (Å²) in [5.41, 5.74) is -0.303. The molecule has 3 aliphatic heterocycles. The minimum absolute atomic E-state index is 0.0611. The average molecular weight is 880 g/mol. The minimum Gasteiger partial charge on any atom is -0.507 e. The molecule has 0 fully saturated rings. The normalized spacial score (nSPS) is 28.9. The first-order chi connectivity index (χ1) is 29.8. The van der Waals surface area contributed by atoms with E-state index in [1.807, 2.05) is 5.01 Å². The lowest BCUT2D eigenvalue weighted by Gasteiger charge is -2.38. The summed E-state index contributed by atoms with van der Waals surface area (Å²) in [4.78, 5) is 40.8. The van der Waals surface area contributed by atoms with E-state index in [4.69, 9.17) is 24.0 Å². The maximum absolute atomic E-state index is 14.6. The van der Waals surface area contributed by atoms with Crippen LogP contribution in [0.4, 0.5) is 5.69 Å². The number of carbonyl (C=O) groups is 3. The Morgan fingerprint density at radius 2 is 1.54 bits per heavy atom. The number of carbonyl (C=O) groups excluding carboxylic acids is 3. The zero-order valence-corrected chi connectivity index (χ0v) is 38.7. The third-order valence-corrected chi connectivity index (χ3v) is 12.4. The summed E-state index contributed by atoms with van der Waals surface area (Å²) in [6.45, 7) is 18.0. The van der Waals surface area contributed by atoms with Crippen molar-refractivity contribution < 1.29 is 58.9 Å². The van der Waals surface area contributed by atoms with Crippen molar-refractivity contribution in [1.82, 2.24) is 5.01 Å². The van der Waals surface area contributed by atoms with Crippen LogP contribution in [0.2, 0.25) is 0 Å². The second kappa shape index (κ2) is 22.0. The van der Waals surface area contributed by atoms with Crippen molar-refractivity contribution in [2.75, 3.05) is 25.5 Å². The number of ether oxygens (including phenoxy) is 4. The SMILES string of the molecule is CCCCCN(CCCCC)N=Cc1c2c(O)c3c(O)c(C)c4c(c3c1O)C(=O)[C@@](C)(O/C=C/[C@H](OC)[C@H](C)[C@@H](OC(C)=O)[C@@H](C)[C@@H](O)[C@H](C)[C@H](O)[C@@H](C)/C=C/C=C(/C)C(=O)N2)O4. The van der Waals surface area contributed by atoms with Crippen LogP contribution >= 0.6 is 0 Å². The lowest BCUT2D eigenvalue weighted by atomic mass is 9.78. The Kier molecular flexibility index (Phi) is 17.6. The number of hydrogen-bond acceptors (Lipinski definition) is 14. The molecule has 9 atom stereocenters. The summed E-state index contributed by atoms with van der Waals surface area (Å²) in [6, 6.07) is 0. The molecule has 2 aromatic rings. The average Bonchev–Trinajstić information content (AvgIpc) is 3.51. The van der Waals surface area contributed by atoms with Crippen molar-refractivity contribution >= 4 is 40.3 Å². The molecule has 0 aliphatic carbocycles. The molecule has 3 aliphatic rings. The molecule has 15 nitrogen and oxygen atoms in total. The second-order valence-electron chi connectivity index (χ2n) is 17.2. The van der Waals surface area contributed by atoms with Gasteiger partial charge >= 0.3 is 11.8 Å². The standard InChI is InChI=1S/C48H69N3O12/c1-12-14-16-22-51(23-17-15-13-2)49-25-33-38-43(57)36-35(42(33)56)37-45(31(8)41(36)55)63-48(10,46(37)58)61-24-21-34(60-11)28(5)44(62-32(9)52)30(7)40(54)29(6)39(53)26(3)19-18-20-27(4)47(59)50-38/h18-21,24-26,28-30,34,39-40,44,53-57H,12-17,22-23H2,1-11H3,(H,50,59)/b19-18+,24-21+,27-20-,49-25?/t26-,28-,29+,30-,34-,39+,40-,44+,48-/m0/s1. The van der Waals surface area contributed by atoms with Gasteiger partial charge in [-0.3, -0.25) is 19.4 Å². The van der Waals surface area contributed by atoms with E-state index in [0.29, 0.717) is 13.1 Å². The number of phenols is 3. The molecule has 0 unspecified atom stereocenters. The monoisotopic (exact) mass is 879 g/mol. The Hall–Kier alpha value is -5.12. The van der Waals surface area contributed by atoms with Crippen LogP contribution in [0.5, 0.6) is 23.0 Å². The van der Waals surface area contributed by atoms with Gasteiger partial charge in [0.2, 0.25) is 0 Å². The number of nitrogens with one attached hydrogen (secondary N) is 1. The smallest absolute Gasteiger partial charge is 0.312 e. The number of anilines is 1. The van der Waals surface area contributed by atoms with Crippen LogP contribution in [-0.2, 0) is 23.8 Å². The number of rotatable bonds is 12. The Morgan fingerprint density at radius 1 is 0.905 bits per heavy atom. The lowest BCUT2D eigenvalue weighted by Crippen LogP contribution is -2.46. The molecule has 348 valence electrons. The predicted molar refractivity (Wildman–Crippen MR) is 242 cm³/mol. The quantitative estimate of drug-likeness (QED) is 0.0300. The van der Waals surface area contributed by atoms with Gasteiger partial charge in [-0.05, 0) is 32.8 Å². The van der Waals surface area contributed by atoms with E-state index >= 15 is 0 Å². The number of allylic oxidation sites excluding steroid dienone is 2. The summed E-state index contributed by atoms with van der Waals surface area (Å²) < 4.78 is 23.7. The van der Waals surface area contributed by atoms with Crippen molar-refractivity contribution in [3.63, 3.8) is 0 Å². The number of hydrazone groups is 1. The number of nitrogens with zero attached hydrogens (tertiary/aromatic N) is 2. The number of hydrogen-bond donors (Lipinski definition) is 6. The molecule has 5 rings (SSSR count). The van der Waals surface area contributed by atoms with Gasteiger partial charge in [0.1, 0.15) is 23.4 Å². The first-order valence-corrected chi connectivity index (χ1v) is 22.1. The number of aliphatic hydroxyl groups is 2. The number of phenolic OH excluding ortho intramolecular Hbond substituents is 3. The van der Waals surface area contributed by atoms with Gasteiger partial charge in [0, 0.05) is 74.2 Å². The van der Waals surface area contributed by atoms with Crippen molar-refractivity contribution in [3.8, 4) is 23.0 Å². The number of benzene rings is 2. The summed E-state index contributed by atoms with van der Waals surface area (Å²) in [5.74, 6) is -8.30. The number of Topliss-reactive ketones (excluding diaryl/α,β-unsaturated/α-hetero) is 1. The number of aliphatic hydroxyl groups excluding tert-OH is 2. The van der Waals surface area contributed by atoms with Gasteiger partial charge in [-0.25, -0.2) is 0 Å². The van der Waals surface area contributed by atoms with E-state index in [2.05, 4.69) is 19.2 Å². The Bertz CT molecular complexity index is 2090. The van der Waals surface area contributed by atoms with Crippen LogP contribution in [0, 0.1) is 30.6 Å². The molecule has 3 heterocycles. The molecular formula is C48H69N3O12. The Balaban J connectivity index is 1.99. The largest absolute Gasteiger partial charge is 0.507 e. The zero-order chi connectivity index (χ0) is 46.9. The fraction of sp³-hybridized carbons (Fsp3) is 0.583. The molecule has 0 saturated heterocycles. The highest BCUT2D eigenvalue weighted by atomic mass is 16.7. The van der Waals surface area contributed by atoms with Crippen LogP contribution in [0.15, 0.2) is 41.2 Å². The van der Waals surface area contributed by atoms with Gasteiger partial charge in [0.25, 0.3) is 11.7 Å². The minimum atomic E-state index is -2.05. The summed E-state index contributed by atoms with van der Waals surface area (Å²) >= 11 is 0. The van der Waals surface area contributed by atoms with E-state index in [9.17, 15) is 39.9 Å². The summed E-state index contributed by atoms with van der Waals surface area (Å²) in [5, 5.41) is 67.7. The van der Waals surface area contributed by atoms with Crippen LogP contribution in [0.25, 0.3) is 10.8 Å². The molecule has 5 bridgehead atoms. The number of amides is 1. The molecule has 0 radical (unpaired) electrons. The van der Waals surface area contributed by atoms with Crippen LogP contribution in [0.3, 0.4) is 0 Å². The third-order valence-electron chi connectivity index (χ3n) is 12.4. The van der Waals surface area contributed by atoms with Gasteiger partial charge < -0.3 is 49.8 Å². The van der Waals surface area contributed by atoms with Gasteiger partial charge in [-0.1, -0.05) is 85.5 Å². The van der Waals surface area contributed by atoms with Gasteiger partial charge in [0.05, 0.1) is 53.0 Å². The van der Waals surface area contributed by atoms with Gasteiger partial charge in [0.15, 0.2) is 5.75 Å². The van der Waals surface area contributed by atoms with Crippen LogP contribution < -0.4 is 10.1 Å². The van der Waals surface area contributed by atoms with E-state index in [-0.39, 0.29) is 44.5 Å². The first-order valence-electron chi connectivity index (χ1n) is 22.1. The molecule has 63 heavy (non-hydrogen) atoms. The number of esters is 1. The van der Waals surface area contributed by atoms with Crippen molar-refractivity contribution in [3.05, 3.63) is 52.8 Å². The highest BCUT2D eigenvalue weighted by Gasteiger charge is 2.50. The number of fused-ring (bicyclic) bond motifs is 14. The molecule has 15 heteroatoms. The molecular weight excluding hydrogens is 811 g/mol. The second-order valence-corrected chi connectivity index (χ2v) is 17.2. The number of aromatic hydroxyl groups is 3. The fourth-order valence-corrected chi connectivity index (χ4v) is 8.33. The highest BCUT2D eigenvalue weighted by Crippen LogP contribution is 2.55.